The normalized spacial score (nSPS) is 23.6. The van der Waals surface area contributed by atoms with Crippen LogP contribution < -0.4 is 0 Å². The van der Waals surface area contributed by atoms with E-state index in [4.69, 9.17) is 4.98 Å². The third kappa shape index (κ3) is 3.28. The monoisotopic (exact) mass is 429 g/mol. The summed E-state index contributed by atoms with van der Waals surface area (Å²) < 4.78 is 13.7. The lowest BCUT2D eigenvalue weighted by Crippen LogP contribution is -2.39. The Morgan fingerprint density at radius 1 is 1.09 bits per heavy atom. The number of aromatic nitrogens is 2. The number of allylic oxidation sites excluding steroid dienone is 3. The second-order valence-corrected chi connectivity index (χ2v) is 9.80. The van der Waals surface area contributed by atoms with Gasteiger partial charge in [0.25, 0.3) is 0 Å². The van der Waals surface area contributed by atoms with E-state index in [-0.39, 0.29) is 17.3 Å². The molecule has 1 fully saturated rings. The topological polar surface area (TPSA) is 31.9 Å². The number of nitrogens with zero attached hydrogens (tertiary/aromatic N) is 2. The van der Waals surface area contributed by atoms with Gasteiger partial charge >= 0.3 is 0 Å². The number of hydrogen-bond donors (Lipinski definition) is 1. The highest BCUT2D eigenvalue weighted by molar-refractivity contribution is 5.80. The van der Waals surface area contributed by atoms with E-state index >= 15 is 0 Å². The molecule has 1 N–H and O–H groups in total. The Balaban J connectivity index is 1.56. The first-order valence-electron chi connectivity index (χ1n) is 11.7. The smallest absolute Gasteiger partial charge is 0.132 e. The first-order valence-corrected chi connectivity index (χ1v) is 11.7. The summed E-state index contributed by atoms with van der Waals surface area (Å²) >= 11 is 0. The molecule has 1 unspecified atom stereocenters. The quantitative estimate of drug-likeness (QED) is 0.488. The van der Waals surface area contributed by atoms with Gasteiger partial charge in [0.1, 0.15) is 11.6 Å². The van der Waals surface area contributed by atoms with Gasteiger partial charge in [-0.15, -0.1) is 0 Å². The van der Waals surface area contributed by atoms with E-state index < -0.39 is 0 Å². The minimum atomic E-state index is -0.181. The Kier molecular flexibility index (Phi) is 4.99. The first-order chi connectivity index (χ1) is 15.3. The summed E-state index contributed by atoms with van der Waals surface area (Å²) in [6.45, 7) is 11.9. The van der Waals surface area contributed by atoms with Crippen molar-refractivity contribution in [3.8, 4) is 0 Å². The van der Waals surface area contributed by atoms with Crippen LogP contribution in [0.25, 0.3) is 11.0 Å². The molecule has 0 bridgehead atoms. The molecule has 1 aliphatic carbocycles. The number of likely N-dealkylation sites (tertiary alicyclic amines) is 1. The summed E-state index contributed by atoms with van der Waals surface area (Å²) in [7, 11) is 0. The highest BCUT2D eigenvalue weighted by Crippen LogP contribution is 2.44. The molecule has 2 aliphatic rings. The highest BCUT2D eigenvalue weighted by atomic mass is 19.1. The maximum Gasteiger partial charge on any atom is 0.132 e. The fourth-order valence-electron chi connectivity index (χ4n) is 5.54. The number of nitrogens with one attached hydrogen (secondary N) is 1. The molecule has 1 aliphatic heterocycles. The average molecular weight is 430 g/mol. The molecule has 5 rings (SSSR count). The molecule has 0 radical (unpaired) electrons. The molecule has 3 aromatic rings. The summed E-state index contributed by atoms with van der Waals surface area (Å²) in [5.41, 5.74) is 9.37. The van der Waals surface area contributed by atoms with Gasteiger partial charge < -0.3 is 9.88 Å². The Morgan fingerprint density at radius 2 is 1.91 bits per heavy atom. The molecule has 166 valence electrons. The molecule has 2 atom stereocenters. The zero-order valence-corrected chi connectivity index (χ0v) is 19.7. The van der Waals surface area contributed by atoms with Crippen LogP contribution in [0, 0.1) is 26.6 Å². The lowest BCUT2D eigenvalue weighted by molar-refractivity contribution is 0.198. The standard InChI is InChI=1S/C28H32FN3/c1-17-8-12-24-26(20(17)4)31-27(30-24)28(5)13-6-14-32(28)25-16-21(9-7-18(25)2)23-11-10-22(29)15-19(23)3/h7-8,10-12,15-16,21H,6,9,13-14H2,1-5H3,(H,30,31)/t21?,28-/m0/s1. The number of aromatic amines is 1. The van der Waals surface area contributed by atoms with Gasteiger partial charge in [0, 0.05) is 18.2 Å². The predicted molar refractivity (Wildman–Crippen MR) is 129 cm³/mol. The number of fused-ring (bicyclic) bond motifs is 1. The highest BCUT2D eigenvalue weighted by Gasteiger charge is 2.42. The molecule has 0 amide bonds. The predicted octanol–water partition coefficient (Wildman–Crippen LogP) is 6.96. The van der Waals surface area contributed by atoms with Crippen molar-refractivity contribution in [2.45, 2.75) is 65.3 Å². The van der Waals surface area contributed by atoms with Crippen LogP contribution in [0.4, 0.5) is 4.39 Å². The van der Waals surface area contributed by atoms with Gasteiger partial charge in [-0.05, 0) is 99.9 Å². The molecule has 3 nitrogen and oxygen atoms in total. The number of imidazole rings is 1. The van der Waals surface area contributed by atoms with E-state index in [1.54, 1.807) is 12.1 Å². The van der Waals surface area contributed by atoms with E-state index in [2.05, 4.69) is 61.9 Å². The van der Waals surface area contributed by atoms with Gasteiger partial charge in [-0.1, -0.05) is 24.3 Å². The van der Waals surface area contributed by atoms with Crippen LogP contribution in [0.1, 0.15) is 67.1 Å². The van der Waals surface area contributed by atoms with Gasteiger partial charge in [0.05, 0.1) is 16.6 Å². The molecule has 2 heterocycles. The summed E-state index contributed by atoms with van der Waals surface area (Å²) in [6, 6.07) is 9.49. The second-order valence-electron chi connectivity index (χ2n) is 9.80. The fourth-order valence-corrected chi connectivity index (χ4v) is 5.54. The van der Waals surface area contributed by atoms with Crippen LogP contribution >= 0.6 is 0 Å². The van der Waals surface area contributed by atoms with E-state index in [0.29, 0.717) is 0 Å². The van der Waals surface area contributed by atoms with Crippen LogP contribution in [-0.2, 0) is 5.54 Å². The maximum absolute atomic E-state index is 13.7. The van der Waals surface area contributed by atoms with E-state index in [9.17, 15) is 4.39 Å². The second kappa shape index (κ2) is 7.61. The maximum atomic E-state index is 13.7. The number of rotatable bonds is 3. The van der Waals surface area contributed by atoms with Crippen LogP contribution in [0.15, 0.2) is 53.8 Å². The number of hydrogen-bond acceptors (Lipinski definition) is 2. The molecule has 4 heteroatoms. The molecular formula is C28H32FN3. The number of aryl methyl sites for hydroxylation is 3. The third-order valence-electron chi connectivity index (χ3n) is 7.69. The molecule has 32 heavy (non-hydrogen) atoms. The van der Waals surface area contributed by atoms with Crippen molar-refractivity contribution in [2.75, 3.05) is 6.54 Å². The molecular weight excluding hydrogens is 397 g/mol. The Labute approximate surface area is 190 Å². The first kappa shape index (κ1) is 21.0. The zero-order valence-electron chi connectivity index (χ0n) is 19.7. The van der Waals surface area contributed by atoms with Gasteiger partial charge in [0.2, 0.25) is 0 Å². The minimum Gasteiger partial charge on any atom is -0.359 e. The fraction of sp³-hybridized carbons (Fsp3) is 0.393. The molecule has 1 aromatic heterocycles. The van der Waals surface area contributed by atoms with E-state index in [1.807, 2.05) is 13.0 Å². The largest absolute Gasteiger partial charge is 0.359 e. The van der Waals surface area contributed by atoms with Crippen molar-refractivity contribution in [3.05, 3.63) is 87.6 Å². The number of benzene rings is 2. The van der Waals surface area contributed by atoms with Crippen molar-refractivity contribution in [1.29, 1.82) is 0 Å². The van der Waals surface area contributed by atoms with Crippen molar-refractivity contribution < 1.29 is 4.39 Å². The van der Waals surface area contributed by atoms with Crippen molar-refractivity contribution in [3.63, 3.8) is 0 Å². The van der Waals surface area contributed by atoms with Crippen molar-refractivity contribution in [1.82, 2.24) is 14.9 Å². The Morgan fingerprint density at radius 3 is 2.69 bits per heavy atom. The third-order valence-corrected chi connectivity index (χ3v) is 7.69. The molecule has 2 aromatic carbocycles. The molecule has 0 spiro atoms. The Hall–Kier alpha value is -2.88. The van der Waals surface area contributed by atoms with Crippen LogP contribution in [0.2, 0.25) is 0 Å². The molecule has 1 saturated heterocycles. The van der Waals surface area contributed by atoms with Crippen molar-refractivity contribution >= 4 is 11.0 Å². The average Bonchev–Trinajstić information content (AvgIpc) is 3.37. The summed E-state index contributed by atoms with van der Waals surface area (Å²) in [6.07, 6.45) is 7.90. The summed E-state index contributed by atoms with van der Waals surface area (Å²) in [5.74, 6) is 1.15. The van der Waals surface area contributed by atoms with Crippen molar-refractivity contribution in [2.24, 2.45) is 0 Å². The van der Waals surface area contributed by atoms with E-state index in [0.717, 1.165) is 48.2 Å². The summed E-state index contributed by atoms with van der Waals surface area (Å²) in [5, 5.41) is 0. The van der Waals surface area contributed by atoms with E-state index in [1.165, 1.54) is 28.0 Å². The van der Waals surface area contributed by atoms with Crippen LogP contribution in [-0.4, -0.2) is 21.4 Å². The molecule has 0 saturated carbocycles. The van der Waals surface area contributed by atoms with Gasteiger partial charge in [0.15, 0.2) is 0 Å². The minimum absolute atomic E-state index is 0.166. The van der Waals surface area contributed by atoms with Crippen LogP contribution in [0.5, 0.6) is 0 Å². The van der Waals surface area contributed by atoms with Crippen LogP contribution in [0.3, 0.4) is 0 Å². The van der Waals surface area contributed by atoms with Gasteiger partial charge in [-0.3, -0.25) is 0 Å². The SMILES string of the molecule is CC1=CCC(c2ccc(F)cc2C)C=C1N1CCC[C@@]1(C)c1nc2c(C)c(C)ccc2[nH]1. The van der Waals surface area contributed by atoms with Gasteiger partial charge in [-0.2, -0.15) is 0 Å². The lowest BCUT2D eigenvalue weighted by Gasteiger charge is -2.39. The lowest BCUT2D eigenvalue weighted by atomic mass is 9.85. The summed E-state index contributed by atoms with van der Waals surface area (Å²) in [4.78, 5) is 11.3. The number of halogens is 1. The van der Waals surface area contributed by atoms with Gasteiger partial charge in [-0.25, -0.2) is 9.37 Å². The Bertz CT molecular complexity index is 1270. The number of H-pyrrole nitrogens is 1. The zero-order chi connectivity index (χ0) is 22.6.